The molecule has 0 saturated carbocycles. The standard InChI is InChI=1S/C71H118O6/c1-4-7-10-13-16-19-21-23-25-27-29-31-33-34-35-36-38-39-41-43-45-47-49-52-55-58-61-64-70(73)76-67-68(66-75-69(72)63-60-57-54-51-18-15-12-9-6-3)77-71(74)65-62-59-56-53-50-48-46-44-42-40-37-32-30-28-26-24-22-20-17-14-11-8-5-2/h7,10,16,19,22-25,28-31,34-35,37-40,43,45,68H,4-6,8-9,11-15,17-18,20-21,26-27,32-33,36,41-42,44,46-67H2,1-3H3/b10-7-,19-16-,24-22-,25-23-,30-28-,31-29-,35-34-,39-38-,40-37-,45-43-. The van der Waals surface area contributed by atoms with Gasteiger partial charge in [-0.1, -0.05) is 277 Å². The van der Waals surface area contributed by atoms with Gasteiger partial charge in [-0.15, -0.1) is 0 Å². The van der Waals surface area contributed by atoms with E-state index in [0.29, 0.717) is 19.3 Å². The van der Waals surface area contributed by atoms with Crippen molar-refractivity contribution in [3.8, 4) is 0 Å². The van der Waals surface area contributed by atoms with Gasteiger partial charge in [-0.2, -0.15) is 0 Å². The van der Waals surface area contributed by atoms with Gasteiger partial charge in [0.15, 0.2) is 6.10 Å². The van der Waals surface area contributed by atoms with Gasteiger partial charge >= 0.3 is 17.9 Å². The van der Waals surface area contributed by atoms with E-state index < -0.39 is 6.10 Å². The molecule has 0 aromatic rings. The van der Waals surface area contributed by atoms with Gasteiger partial charge in [0.1, 0.15) is 13.2 Å². The lowest BCUT2D eigenvalue weighted by atomic mass is 10.1. The summed E-state index contributed by atoms with van der Waals surface area (Å²) >= 11 is 0. The zero-order valence-electron chi connectivity index (χ0n) is 50.2. The van der Waals surface area contributed by atoms with E-state index in [2.05, 4.69) is 142 Å². The monoisotopic (exact) mass is 1070 g/mol. The third-order valence-corrected chi connectivity index (χ3v) is 13.5. The summed E-state index contributed by atoms with van der Waals surface area (Å²) in [4.78, 5) is 38.2. The highest BCUT2D eigenvalue weighted by molar-refractivity contribution is 5.71. The second-order valence-electron chi connectivity index (χ2n) is 20.9. The largest absolute Gasteiger partial charge is 0.462 e. The molecule has 77 heavy (non-hydrogen) atoms. The van der Waals surface area contributed by atoms with Gasteiger partial charge in [0.2, 0.25) is 0 Å². The van der Waals surface area contributed by atoms with E-state index in [1.807, 2.05) is 0 Å². The first-order valence-corrected chi connectivity index (χ1v) is 32.0. The minimum atomic E-state index is -0.792. The summed E-state index contributed by atoms with van der Waals surface area (Å²) in [5, 5.41) is 0. The zero-order valence-corrected chi connectivity index (χ0v) is 50.2. The lowest BCUT2D eigenvalue weighted by Crippen LogP contribution is -2.30. The summed E-state index contributed by atoms with van der Waals surface area (Å²) in [5.41, 5.74) is 0. The van der Waals surface area contributed by atoms with Crippen molar-refractivity contribution in [3.05, 3.63) is 122 Å². The summed E-state index contributed by atoms with van der Waals surface area (Å²) in [6.45, 7) is 6.48. The average Bonchev–Trinajstić information content (AvgIpc) is 3.43. The Kier molecular flexibility index (Phi) is 60.8. The number of rotatable bonds is 57. The molecular weight excluding hydrogens is 949 g/mol. The molecule has 0 rings (SSSR count). The molecule has 0 heterocycles. The van der Waals surface area contributed by atoms with Crippen LogP contribution in [0.15, 0.2) is 122 Å². The fourth-order valence-electron chi connectivity index (χ4n) is 8.67. The van der Waals surface area contributed by atoms with E-state index in [1.165, 1.54) is 109 Å². The molecular formula is C71H118O6. The summed E-state index contributed by atoms with van der Waals surface area (Å²) in [6.07, 6.45) is 89.2. The van der Waals surface area contributed by atoms with Crippen LogP contribution in [-0.4, -0.2) is 37.2 Å². The van der Waals surface area contributed by atoms with Crippen molar-refractivity contribution < 1.29 is 28.6 Å². The highest BCUT2D eigenvalue weighted by Gasteiger charge is 2.19. The Morgan fingerprint density at radius 2 is 0.506 bits per heavy atom. The third kappa shape index (κ3) is 62.5. The van der Waals surface area contributed by atoms with E-state index in [1.54, 1.807) is 0 Å². The minimum Gasteiger partial charge on any atom is -0.462 e. The van der Waals surface area contributed by atoms with Crippen molar-refractivity contribution >= 4 is 17.9 Å². The molecule has 0 aromatic heterocycles. The van der Waals surface area contributed by atoms with Crippen LogP contribution in [0.1, 0.15) is 290 Å². The van der Waals surface area contributed by atoms with Crippen molar-refractivity contribution in [1.29, 1.82) is 0 Å². The van der Waals surface area contributed by atoms with E-state index in [-0.39, 0.29) is 31.1 Å². The topological polar surface area (TPSA) is 78.9 Å². The normalized spacial score (nSPS) is 12.9. The van der Waals surface area contributed by atoms with Crippen LogP contribution in [0.25, 0.3) is 0 Å². The molecule has 6 heteroatoms. The number of esters is 3. The highest BCUT2D eigenvalue weighted by Crippen LogP contribution is 2.15. The highest BCUT2D eigenvalue weighted by atomic mass is 16.6. The van der Waals surface area contributed by atoms with Crippen LogP contribution >= 0.6 is 0 Å². The van der Waals surface area contributed by atoms with Crippen molar-refractivity contribution in [2.24, 2.45) is 0 Å². The Balaban J connectivity index is 4.31. The summed E-state index contributed by atoms with van der Waals surface area (Å²) in [6, 6.07) is 0. The number of unbranched alkanes of at least 4 members (excludes halogenated alkanes) is 26. The molecule has 6 nitrogen and oxygen atoms in total. The Bertz CT molecular complexity index is 1600. The number of carbonyl (C=O) groups excluding carboxylic acids is 3. The van der Waals surface area contributed by atoms with Crippen LogP contribution < -0.4 is 0 Å². The quantitative estimate of drug-likeness (QED) is 0.0261. The number of carbonyl (C=O) groups is 3. The molecule has 0 aromatic carbocycles. The van der Waals surface area contributed by atoms with Crippen LogP contribution in [0.3, 0.4) is 0 Å². The molecule has 0 saturated heterocycles. The number of ether oxygens (including phenoxy) is 3. The van der Waals surface area contributed by atoms with Crippen LogP contribution in [-0.2, 0) is 28.6 Å². The summed E-state index contributed by atoms with van der Waals surface area (Å²) in [7, 11) is 0. The lowest BCUT2D eigenvalue weighted by molar-refractivity contribution is -0.167. The van der Waals surface area contributed by atoms with Crippen molar-refractivity contribution in [2.45, 2.75) is 297 Å². The lowest BCUT2D eigenvalue weighted by Gasteiger charge is -2.18. The first kappa shape index (κ1) is 72.8. The van der Waals surface area contributed by atoms with E-state index in [4.69, 9.17) is 14.2 Å². The van der Waals surface area contributed by atoms with Crippen molar-refractivity contribution in [3.63, 3.8) is 0 Å². The van der Waals surface area contributed by atoms with E-state index >= 15 is 0 Å². The van der Waals surface area contributed by atoms with Gasteiger partial charge in [0.25, 0.3) is 0 Å². The molecule has 438 valence electrons. The zero-order chi connectivity index (χ0) is 55.7. The molecule has 0 aliphatic carbocycles. The second kappa shape index (κ2) is 64.3. The Morgan fingerprint density at radius 3 is 0.792 bits per heavy atom. The molecule has 0 aliphatic heterocycles. The van der Waals surface area contributed by atoms with Gasteiger partial charge in [0, 0.05) is 19.3 Å². The van der Waals surface area contributed by atoms with E-state index in [0.717, 1.165) is 141 Å². The van der Waals surface area contributed by atoms with Gasteiger partial charge in [-0.3, -0.25) is 14.4 Å². The Labute approximate surface area is 475 Å². The maximum Gasteiger partial charge on any atom is 0.306 e. The smallest absolute Gasteiger partial charge is 0.306 e. The summed E-state index contributed by atoms with van der Waals surface area (Å²) in [5.74, 6) is -0.915. The second-order valence-corrected chi connectivity index (χ2v) is 20.9. The van der Waals surface area contributed by atoms with Gasteiger partial charge in [0.05, 0.1) is 0 Å². The third-order valence-electron chi connectivity index (χ3n) is 13.5. The fraction of sp³-hybridized carbons (Fsp3) is 0.676. The molecule has 0 fully saturated rings. The molecule has 0 amide bonds. The van der Waals surface area contributed by atoms with E-state index in [9.17, 15) is 14.4 Å². The predicted molar refractivity (Wildman–Crippen MR) is 334 cm³/mol. The summed E-state index contributed by atoms with van der Waals surface area (Å²) < 4.78 is 16.9. The molecule has 0 spiro atoms. The molecule has 1 atom stereocenters. The molecule has 0 N–H and O–H groups in total. The van der Waals surface area contributed by atoms with Gasteiger partial charge in [-0.25, -0.2) is 0 Å². The van der Waals surface area contributed by atoms with Crippen LogP contribution in [0.4, 0.5) is 0 Å². The maximum atomic E-state index is 12.9. The van der Waals surface area contributed by atoms with Crippen LogP contribution in [0, 0.1) is 0 Å². The molecule has 0 bridgehead atoms. The maximum absolute atomic E-state index is 12.9. The number of hydrogen-bond acceptors (Lipinski definition) is 6. The SMILES string of the molecule is CC/C=C\C/C=C\C/C=C\C/C=C\C/C=C\C/C=C\C/C=C\CCCCCCCC(=O)OCC(COC(=O)CCCCCCCCCCC)OC(=O)CCCCCCCCCC/C=C\C/C=C\C/C=C\CCCCCCC. The van der Waals surface area contributed by atoms with Crippen LogP contribution in [0.2, 0.25) is 0 Å². The fourth-order valence-corrected chi connectivity index (χ4v) is 8.67. The molecule has 0 radical (unpaired) electrons. The minimum absolute atomic E-state index is 0.0881. The first-order valence-electron chi connectivity index (χ1n) is 32.0. The predicted octanol–water partition coefficient (Wildman–Crippen LogP) is 22.0. The number of allylic oxidation sites excluding steroid dienone is 20. The number of hydrogen-bond donors (Lipinski definition) is 0. The molecule has 1 unspecified atom stereocenters. The first-order chi connectivity index (χ1) is 38.0. The average molecular weight is 1070 g/mol. The van der Waals surface area contributed by atoms with Gasteiger partial charge in [-0.05, 0) is 116 Å². The van der Waals surface area contributed by atoms with Crippen molar-refractivity contribution in [1.82, 2.24) is 0 Å². The molecule has 0 aliphatic rings. The van der Waals surface area contributed by atoms with Crippen molar-refractivity contribution in [2.75, 3.05) is 13.2 Å². The Morgan fingerprint density at radius 1 is 0.273 bits per heavy atom. The Hall–Kier alpha value is -4.19. The van der Waals surface area contributed by atoms with Crippen LogP contribution in [0.5, 0.6) is 0 Å². The van der Waals surface area contributed by atoms with Gasteiger partial charge < -0.3 is 14.2 Å².